The molecule has 22 heavy (non-hydrogen) atoms. The fourth-order valence-corrected chi connectivity index (χ4v) is 4.43. The lowest BCUT2D eigenvalue weighted by Crippen LogP contribution is -2.12. The van der Waals surface area contributed by atoms with Crippen LogP contribution in [0.25, 0.3) is 16.3 Å². The van der Waals surface area contributed by atoms with Crippen LogP contribution in [0.2, 0.25) is 10.0 Å². The molecule has 0 aliphatic rings. The number of thiophene rings is 1. The average molecular weight is 369 g/mol. The molecule has 0 spiro atoms. The van der Waals surface area contributed by atoms with E-state index < -0.39 is 0 Å². The minimum absolute atomic E-state index is 0.308. The predicted octanol–water partition coefficient (Wildman–Crippen LogP) is 4.75. The molecule has 0 bridgehead atoms. The van der Waals surface area contributed by atoms with Gasteiger partial charge < -0.3 is 4.57 Å². The molecule has 0 aliphatic carbocycles. The van der Waals surface area contributed by atoms with E-state index in [1.807, 2.05) is 30.6 Å². The van der Waals surface area contributed by atoms with Crippen LogP contribution in [0.1, 0.15) is 4.88 Å². The van der Waals surface area contributed by atoms with Gasteiger partial charge in [0.1, 0.15) is 0 Å². The van der Waals surface area contributed by atoms with Crippen molar-refractivity contribution in [1.82, 2.24) is 4.57 Å². The smallest absolute Gasteiger partial charge is 0.272 e. The third-order valence-corrected chi connectivity index (χ3v) is 5.38. The first-order valence-corrected chi connectivity index (χ1v) is 8.74. The molecule has 0 radical (unpaired) electrons. The van der Waals surface area contributed by atoms with Gasteiger partial charge in [0.25, 0.3) is 5.91 Å². The van der Waals surface area contributed by atoms with E-state index >= 15 is 0 Å². The Morgan fingerprint density at radius 3 is 2.91 bits per heavy atom. The molecular weight excluding hydrogens is 359 g/mol. The number of carbonyl (C=O) groups is 1. The summed E-state index contributed by atoms with van der Waals surface area (Å²) in [6.45, 7) is 0. The van der Waals surface area contributed by atoms with E-state index in [1.54, 1.807) is 28.0 Å². The van der Waals surface area contributed by atoms with Crippen LogP contribution >= 0.6 is 45.9 Å². The van der Waals surface area contributed by atoms with Gasteiger partial charge in [0.15, 0.2) is 4.80 Å². The Balaban J connectivity index is 2.01. The largest absolute Gasteiger partial charge is 0.318 e. The number of rotatable bonds is 2. The molecule has 0 aliphatic heterocycles. The van der Waals surface area contributed by atoms with Crippen LogP contribution in [-0.2, 0) is 11.8 Å². The third-order valence-electron chi connectivity index (χ3n) is 2.96. The number of aromatic nitrogens is 1. The molecule has 0 saturated heterocycles. The maximum atomic E-state index is 12.0. The molecular formula is C15H10Cl2N2OS2. The number of benzene rings is 1. The van der Waals surface area contributed by atoms with E-state index in [4.69, 9.17) is 23.2 Å². The van der Waals surface area contributed by atoms with E-state index in [-0.39, 0.29) is 5.91 Å². The number of fused-ring (bicyclic) bond motifs is 1. The Morgan fingerprint density at radius 2 is 2.18 bits per heavy atom. The molecule has 3 aromatic rings. The van der Waals surface area contributed by atoms with Gasteiger partial charge in [0.05, 0.1) is 15.2 Å². The summed E-state index contributed by atoms with van der Waals surface area (Å²) in [5.74, 6) is -0.308. The third kappa shape index (κ3) is 3.17. The molecule has 0 saturated carbocycles. The van der Waals surface area contributed by atoms with Gasteiger partial charge in [-0.05, 0) is 29.7 Å². The standard InChI is InChI=1S/C15H10Cl2N2OS2/c1-19-14-11(17)7-9(16)8-12(14)22-15(19)18-13(20)5-4-10-3-2-6-21-10/h2-8H,1H3. The van der Waals surface area contributed by atoms with Gasteiger partial charge >= 0.3 is 0 Å². The lowest BCUT2D eigenvalue weighted by molar-refractivity contribution is -0.113. The Kier molecular flexibility index (Phi) is 4.49. The highest BCUT2D eigenvalue weighted by atomic mass is 35.5. The van der Waals surface area contributed by atoms with Crippen molar-refractivity contribution in [2.24, 2.45) is 12.0 Å². The number of nitrogens with zero attached hydrogens (tertiary/aromatic N) is 2. The highest BCUT2D eigenvalue weighted by Gasteiger charge is 2.09. The zero-order valence-electron chi connectivity index (χ0n) is 11.4. The number of carbonyl (C=O) groups excluding carboxylic acids is 1. The summed E-state index contributed by atoms with van der Waals surface area (Å²) in [6.07, 6.45) is 3.22. The van der Waals surface area contributed by atoms with Gasteiger partial charge in [0.2, 0.25) is 0 Å². The van der Waals surface area contributed by atoms with Crippen LogP contribution in [-0.4, -0.2) is 10.5 Å². The highest BCUT2D eigenvalue weighted by molar-refractivity contribution is 7.16. The highest BCUT2D eigenvalue weighted by Crippen LogP contribution is 2.29. The number of thiazole rings is 1. The van der Waals surface area contributed by atoms with E-state index in [1.165, 1.54) is 17.4 Å². The van der Waals surface area contributed by atoms with Crippen molar-refractivity contribution in [2.75, 3.05) is 0 Å². The predicted molar refractivity (Wildman–Crippen MR) is 94.7 cm³/mol. The normalized spacial score (nSPS) is 12.6. The fraction of sp³-hybridized carbons (Fsp3) is 0.0667. The van der Waals surface area contributed by atoms with Gasteiger partial charge in [0, 0.05) is 23.0 Å². The topological polar surface area (TPSA) is 34.4 Å². The Morgan fingerprint density at radius 1 is 1.36 bits per heavy atom. The van der Waals surface area contributed by atoms with Crippen LogP contribution in [0.5, 0.6) is 0 Å². The number of hydrogen-bond donors (Lipinski definition) is 0. The summed E-state index contributed by atoms with van der Waals surface area (Å²) in [7, 11) is 1.83. The van der Waals surface area contributed by atoms with Crippen LogP contribution in [0.15, 0.2) is 40.7 Å². The summed E-state index contributed by atoms with van der Waals surface area (Å²) in [5.41, 5.74) is 0.824. The molecule has 0 N–H and O–H groups in total. The van der Waals surface area contributed by atoms with Gasteiger partial charge in [-0.25, -0.2) is 0 Å². The minimum Gasteiger partial charge on any atom is -0.318 e. The molecule has 0 atom stereocenters. The second-order valence-corrected chi connectivity index (χ2v) is 7.31. The van der Waals surface area contributed by atoms with Gasteiger partial charge in [-0.1, -0.05) is 40.6 Å². The molecule has 7 heteroatoms. The second kappa shape index (κ2) is 6.38. The average Bonchev–Trinajstić information content (AvgIpc) is 3.05. The lowest BCUT2D eigenvalue weighted by Gasteiger charge is -1.98. The maximum Gasteiger partial charge on any atom is 0.272 e. The van der Waals surface area contributed by atoms with Gasteiger partial charge in [-0.3, -0.25) is 4.79 Å². The van der Waals surface area contributed by atoms with Crippen LogP contribution in [0, 0.1) is 0 Å². The first-order valence-electron chi connectivity index (χ1n) is 6.29. The van der Waals surface area contributed by atoms with Crippen molar-refractivity contribution in [2.45, 2.75) is 0 Å². The summed E-state index contributed by atoms with van der Waals surface area (Å²) in [6, 6.07) is 7.37. The molecule has 2 heterocycles. The Bertz CT molecular complexity index is 937. The maximum absolute atomic E-state index is 12.0. The summed E-state index contributed by atoms with van der Waals surface area (Å²) >= 11 is 15.2. The van der Waals surface area contributed by atoms with Crippen molar-refractivity contribution >= 4 is 68.1 Å². The van der Waals surface area contributed by atoms with Crippen LogP contribution in [0.4, 0.5) is 0 Å². The van der Waals surface area contributed by atoms with Gasteiger partial charge in [-0.15, -0.1) is 11.3 Å². The van der Waals surface area contributed by atoms with Crippen molar-refractivity contribution in [1.29, 1.82) is 0 Å². The number of amides is 1. The molecule has 2 aromatic heterocycles. The Hall–Kier alpha value is -1.40. The summed E-state index contributed by atoms with van der Waals surface area (Å²) in [5, 5.41) is 3.07. The summed E-state index contributed by atoms with van der Waals surface area (Å²) < 4.78 is 2.70. The second-order valence-electron chi connectivity index (χ2n) is 4.48. The van der Waals surface area contributed by atoms with E-state index in [0.29, 0.717) is 14.8 Å². The van der Waals surface area contributed by atoms with Crippen LogP contribution < -0.4 is 4.80 Å². The van der Waals surface area contributed by atoms with Crippen molar-refractivity contribution in [3.8, 4) is 0 Å². The van der Waals surface area contributed by atoms with Gasteiger partial charge in [-0.2, -0.15) is 4.99 Å². The fourth-order valence-electron chi connectivity index (χ4n) is 1.98. The molecule has 112 valence electrons. The zero-order valence-corrected chi connectivity index (χ0v) is 14.6. The van der Waals surface area contributed by atoms with E-state index in [0.717, 1.165) is 15.1 Å². The quantitative estimate of drug-likeness (QED) is 0.601. The molecule has 0 fully saturated rings. The molecule has 0 unspecified atom stereocenters. The van der Waals surface area contributed by atoms with Crippen molar-refractivity contribution in [3.63, 3.8) is 0 Å². The van der Waals surface area contributed by atoms with Crippen LogP contribution in [0.3, 0.4) is 0 Å². The lowest BCUT2D eigenvalue weighted by atomic mass is 10.3. The zero-order chi connectivity index (χ0) is 15.7. The first kappa shape index (κ1) is 15.5. The molecule has 1 aromatic carbocycles. The minimum atomic E-state index is -0.308. The first-order chi connectivity index (χ1) is 10.5. The monoisotopic (exact) mass is 368 g/mol. The molecule has 3 nitrogen and oxygen atoms in total. The summed E-state index contributed by atoms with van der Waals surface area (Å²) in [4.78, 5) is 17.7. The molecule has 3 rings (SSSR count). The van der Waals surface area contributed by atoms with E-state index in [2.05, 4.69) is 4.99 Å². The van der Waals surface area contributed by atoms with E-state index in [9.17, 15) is 4.79 Å². The Labute approximate surface area is 144 Å². The number of aryl methyl sites for hydroxylation is 1. The molecule has 1 amide bonds. The SMILES string of the molecule is Cn1c(=NC(=O)C=Cc2cccs2)sc2cc(Cl)cc(Cl)c21. The van der Waals surface area contributed by atoms with Crippen molar-refractivity contribution < 1.29 is 4.79 Å². The number of hydrogen-bond acceptors (Lipinski definition) is 3. The number of halogens is 2. The van der Waals surface area contributed by atoms with Crippen molar-refractivity contribution in [3.05, 3.63) is 55.4 Å².